The number of benzene rings is 2. The fourth-order valence-corrected chi connectivity index (χ4v) is 3.77. The van der Waals surface area contributed by atoms with Gasteiger partial charge in [-0.15, -0.1) is 0 Å². The summed E-state index contributed by atoms with van der Waals surface area (Å²) < 4.78 is 14.9. The Labute approximate surface area is 168 Å². The average molecular weight is 394 g/mol. The second-order valence-corrected chi connectivity index (χ2v) is 7.38. The van der Waals surface area contributed by atoms with Crippen molar-refractivity contribution in [3.05, 3.63) is 64.3 Å². The van der Waals surface area contributed by atoms with Gasteiger partial charge >= 0.3 is 5.69 Å². The maximum absolute atomic E-state index is 13.5. The number of hydrogen-bond acceptors (Lipinski definition) is 4. The quantitative estimate of drug-likeness (QED) is 0.736. The number of rotatable bonds is 4. The highest BCUT2D eigenvalue weighted by Gasteiger charge is 2.19. The van der Waals surface area contributed by atoms with Crippen molar-refractivity contribution in [3.63, 3.8) is 0 Å². The molecule has 4 rings (SSSR count). The molecule has 6 nitrogen and oxygen atoms in total. The molecule has 2 heterocycles. The summed E-state index contributed by atoms with van der Waals surface area (Å²) in [6, 6.07) is 11.7. The molecule has 0 spiro atoms. The van der Waals surface area contributed by atoms with Crippen LogP contribution in [0.25, 0.3) is 10.9 Å². The number of hydrogen-bond donors (Lipinski definition) is 1. The lowest BCUT2D eigenvalue weighted by atomic mass is 10.1. The van der Waals surface area contributed by atoms with Crippen molar-refractivity contribution in [2.24, 2.45) is 0 Å². The van der Waals surface area contributed by atoms with Gasteiger partial charge in [0.25, 0.3) is 0 Å². The zero-order valence-corrected chi connectivity index (χ0v) is 16.3. The Hall–Kier alpha value is -3.22. The predicted molar refractivity (Wildman–Crippen MR) is 112 cm³/mol. The zero-order valence-electron chi connectivity index (χ0n) is 16.3. The lowest BCUT2D eigenvalue weighted by Crippen LogP contribution is -2.35. The first-order chi connectivity index (χ1) is 14.0. The number of amides is 1. The van der Waals surface area contributed by atoms with E-state index < -0.39 is 17.4 Å². The molecule has 0 unspecified atom stereocenters. The number of para-hydroxylation sites is 1. The highest BCUT2D eigenvalue weighted by atomic mass is 19.1. The van der Waals surface area contributed by atoms with Gasteiger partial charge in [-0.25, -0.2) is 9.18 Å². The van der Waals surface area contributed by atoms with Gasteiger partial charge < -0.3 is 10.2 Å². The van der Waals surface area contributed by atoms with Gasteiger partial charge in [0.2, 0.25) is 5.91 Å². The molecule has 1 aliphatic rings. The first-order valence-corrected chi connectivity index (χ1v) is 9.83. The third-order valence-electron chi connectivity index (χ3n) is 5.30. The molecule has 0 bridgehead atoms. The van der Waals surface area contributed by atoms with E-state index in [9.17, 15) is 14.0 Å². The van der Waals surface area contributed by atoms with Crippen molar-refractivity contribution < 1.29 is 9.18 Å². The Morgan fingerprint density at radius 1 is 1.14 bits per heavy atom. The van der Waals surface area contributed by atoms with Crippen molar-refractivity contribution in [2.75, 3.05) is 23.3 Å². The van der Waals surface area contributed by atoms with Crippen molar-refractivity contribution in [1.82, 2.24) is 9.55 Å². The van der Waals surface area contributed by atoms with Gasteiger partial charge in [-0.2, -0.15) is 4.98 Å². The van der Waals surface area contributed by atoms with E-state index in [1.54, 1.807) is 13.0 Å². The predicted octanol–water partition coefficient (Wildman–Crippen LogP) is 3.47. The number of fused-ring (bicyclic) bond motifs is 1. The molecule has 3 aromatic rings. The molecule has 1 N–H and O–H groups in total. The van der Waals surface area contributed by atoms with Crippen LogP contribution in [-0.4, -0.2) is 28.5 Å². The maximum atomic E-state index is 13.5. The minimum absolute atomic E-state index is 0.192. The van der Waals surface area contributed by atoms with Gasteiger partial charge in [-0.3, -0.25) is 9.36 Å². The monoisotopic (exact) mass is 394 g/mol. The Morgan fingerprint density at radius 2 is 1.90 bits per heavy atom. The van der Waals surface area contributed by atoms with Crippen LogP contribution in [0.4, 0.5) is 15.9 Å². The van der Waals surface area contributed by atoms with Crippen LogP contribution in [0, 0.1) is 12.7 Å². The molecule has 29 heavy (non-hydrogen) atoms. The highest BCUT2D eigenvalue weighted by molar-refractivity contribution is 5.94. The Morgan fingerprint density at radius 3 is 2.69 bits per heavy atom. The van der Waals surface area contributed by atoms with Crippen LogP contribution in [0.15, 0.2) is 47.3 Å². The lowest BCUT2D eigenvalue weighted by Gasteiger charge is -2.28. The molecule has 1 amide bonds. The van der Waals surface area contributed by atoms with Crippen LogP contribution in [0.5, 0.6) is 0 Å². The number of anilines is 2. The van der Waals surface area contributed by atoms with Crippen LogP contribution < -0.4 is 15.9 Å². The first kappa shape index (κ1) is 19.1. The standard InChI is InChI=1S/C22H23FN4O2/c1-15-9-10-16(23)13-18(15)24-20(28)14-27-19-8-4-3-7-17(19)21(25-22(27)29)26-11-5-2-6-12-26/h3-4,7-10,13H,2,5-6,11-12,14H2,1H3,(H,24,28). The molecule has 0 atom stereocenters. The first-order valence-electron chi connectivity index (χ1n) is 9.83. The van der Waals surface area contributed by atoms with Gasteiger partial charge in [0, 0.05) is 24.2 Å². The summed E-state index contributed by atoms with van der Waals surface area (Å²) in [6.45, 7) is 3.34. The Kier molecular flexibility index (Phi) is 5.29. The molecule has 7 heteroatoms. The van der Waals surface area contributed by atoms with Gasteiger partial charge in [0.1, 0.15) is 18.2 Å². The molecular weight excluding hydrogens is 371 g/mol. The molecule has 1 aliphatic heterocycles. The fourth-order valence-electron chi connectivity index (χ4n) is 3.77. The summed E-state index contributed by atoms with van der Waals surface area (Å²) in [5, 5.41) is 3.54. The summed E-state index contributed by atoms with van der Waals surface area (Å²) >= 11 is 0. The van der Waals surface area contributed by atoms with Crippen molar-refractivity contribution >= 4 is 28.3 Å². The maximum Gasteiger partial charge on any atom is 0.350 e. The van der Waals surface area contributed by atoms with Crippen molar-refractivity contribution in [2.45, 2.75) is 32.7 Å². The Bertz CT molecular complexity index is 1120. The largest absolute Gasteiger partial charge is 0.356 e. The molecule has 0 saturated carbocycles. The van der Waals surface area contributed by atoms with E-state index in [-0.39, 0.29) is 6.54 Å². The summed E-state index contributed by atoms with van der Waals surface area (Å²) in [5.41, 5.74) is 1.34. The number of carbonyl (C=O) groups excluding carboxylic acids is 1. The number of aromatic nitrogens is 2. The topological polar surface area (TPSA) is 67.2 Å². The van der Waals surface area contributed by atoms with E-state index in [2.05, 4.69) is 15.2 Å². The average Bonchev–Trinajstić information content (AvgIpc) is 2.73. The number of piperidine rings is 1. The number of aryl methyl sites for hydroxylation is 1. The van der Waals surface area contributed by atoms with Gasteiger partial charge in [0.15, 0.2) is 0 Å². The smallest absolute Gasteiger partial charge is 0.350 e. The van der Waals surface area contributed by atoms with E-state index in [1.807, 2.05) is 24.3 Å². The van der Waals surface area contributed by atoms with Crippen LogP contribution in [0.2, 0.25) is 0 Å². The van der Waals surface area contributed by atoms with Crippen LogP contribution in [-0.2, 0) is 11.3 Å². The van der Waals surface area contributed by atoms with E-state index in [0.29, 0.717) is 17.0 Å². The summed E-state index contributed by atoms with van der Waals surface area (Å²) in [5.74, 6) is -0.150. The molecule has 0 radical (unpaired) electrons. The van der Waals surface area contributed by atoms with E-state index in [0.717, 1.165) is 36.9 Å². The molecule has 1 saturated heterocycles. The second-order valence-electron chi connectivity index (χ2n) is 7.38. The summed E-state index contributed by atoms with van der Waals surface area (Å²) in [6.07, 6.45) is 3.34. The molecular formula is C22H23FN4O2. The van der Waals surface area contributed by atoms with Gasteiger partial charge in [-0.1, -0.05) is 18.2 Å². The van der Waals surface area contributed by atoms with Crippen molar-refractivity contribution in [1.29, 1.82) is 0 Å². The summed E-state index contributed by atoms with van der Waals surface area (Å²) in [4.78, 5) is 31.8. The van der Waals surface area contributed by atoms with Crippen LogP contribution in [0.1, 0.15) is 24.8 Å². The molecule has 0 aliphatic carbocycles. The van der Waals surface area contributed by atoms with Crippen LogP contribution >= 0.6 is 0 Å². The van der Waals surface area contributed by atoms with Gasteiger partial charge in [0.05, 0.1) is 5.52 Å². The third kappa shape index (κ3) is 3.99. The normalized spacial score (nSPS) is 14.2. The minimum atomic E-state index is -0.463. The van der Waals surface area contributed by atoms with E-state index >= 15 is 0 Å². The SMILES string of the molecule is Cc1ccc(F)cc1NC(=O)Cn1c(=O)nc(N2CCCCC2)c2ccccc21. The van der Waals surface area contributed by atoms with Gasteiger partial charge in [-0.05, 0) is 56.0 Å². The highest BCUT2D eigenvalue weighted by Crippen LogP contribution is 2.25. The second kappa shape index (κ2) is 8.03. The lowest BCUT2D eigenvalue weighted by molar-refractivity contribution is -0.116. The number of carbonyl (C=O) groups is 1. The molecule has 1 aromatic heterocycles. The fraction of sp³-hybridized carbons (Fsp3) is 0.318. The van der Waals surface area contributed by atoms with Crippen molar-refractivity contribution in [3.8, 4) is 0 Å². The Balaban J connectivity index is 1.67. The van der Waals surface area contributed by atoms with E-state index in [1.165, 1.54) is 23.1 Å². The molecule has 1 fully saturated rings. The summed E-state index contributed by atoms with van der Waals surface area (Å²) in [7, 11) is 0. The zero-order chi connectivity index (χ0) is 20.4. The number of halogens is 1. The molecule has 150 valence electrons. The van der Waals surface area contributed by atoms with E-state index in [4.69, 9.17) is 0 Å². The minimum Gasteiger partial charge on any atom is -0.356 e. The molecule has 2 aromatic carbocycles. The number of nitrogens with one attached hydrogen (secondary N) is 1. The number of nitrogens with zero attached hydrogens (tertiary/aromatic N) is 3. The third-order valence-corrected chi connectivity index (χ3v) is 5.30. The van der Waals surface area contributed by atoms with Crippen LogP contribution in [0.3, 0.4) is 0 Å².